The van der Waals surface area contributed by atoms with Crippen LogP contribution in [0.15, 0.2) is 29.8 Å². The minimum Gasteiger partial charge on any atom is -0.370 e. The lowest BCUT2D eigenvalue weighted by Gasteiger charge is -2.06. The molecule has 2 aromatic heterocycles. The van der Waals surface area contributed by atoms with Gasteiger partial charge < -0.3 is 11.1 Å². The first kappa shape index (κ1) is 11.5. The van der Waals surface area contributed by atoms with Crippen molar-refractivity contribution in [3.05, 3.63) is 41.2 Å². The Labute approximate surface area is 103 Å². The number of nitrogens with zero attached hydrogens (tertiary/aromatic N) is 2. The Balaban J connectivity index is 2.17. The number of anilines is 1. The Bertz CT molecular complexity index is 508. The van der Waals surface area contributed by atoms with Gasteiger partial charge in [0.05, 0.1) is 5.69 Å². The number of aromatic nitrogens is 2. The fourth-order valence-corrected chi connectivity index (χ4v) is 2.26. The van der Waals surface area contributed by atoms with Crippen molar-refractivity contribution < 1.29 is 0 Å². The van der Waals surface area contributed by atoms with Gasteiger partial charge in [0.25, 0.3) is 0 Å². The zero-order chi connectivity index (χ0) is 12.3. The molecule has 0 amide bonds. The van der Waals surface area contributed by atoms with Crippen LogP contribution < -0.4 is 11.1 Å². The number of hydrogen-bond acceptors (Lipinski definition) is 4. The molecule has 0 aromatic carbocycles. The average Bonchev–Trinajstić information content (AvgIpc) is 2.77. The summed E-state index contributed by atoms with van der Waals surface area (Å²) in [7, 11) is 0. The van der Waals surface area contributed by atoms with E-state index in [4.69, 9.17) is 11.1 Å². The molecule has 2 aromatic rings. The normalized spacial score (nSPS) is 12.1. The molecule has 6 heteroatoms. The molecule has 1 atom stereocenters. The number of guanidine groups is 1. The summed E-state index contributed by atoms with van der Waals surface area (Å²) in [5.41, 5.74) is 7.15. The van der Waals surface area contributed by atoms with E-state index in [1.165, 1.54) is 11.3 Å². The van der Waals surface area contributed by atoms with E-state index in [0.29, 0.717) is 5.13 Å². The van der Waals surface area contributed by atoms with Crippen molar-refractivity contribution in [2.45, 2.75) is 12.8 Å². The first-order valence-corrected chi connectivity index (χ1v) is 6.02. The maximum absolute atomic E-state index is 7.13. The van der Waals surface area contributed by atoms with Gasteiger partial charge in [-0.3, -0.25) is 10.4 Å². The second-order valence-corrected chi connectivity index (χ2v) is 4.45. The van der Waals surface area contributed by atoms with Crippen LogP contribution in [-0.2, 0) is 0 Å². The van der Waals surface area contributed by atoms with Crippen molar-refractivity contribution in [3.8, 4) is 0 Å². The summed E-state index contributed by atoms with van der Waals surface area (Å²) >= 11 is 1.43. The molecule has 0 aliphatic heterocycles. The number of pyridine rings is 1. The molecule has 17 heavy (non-hydrogen) atoms. The van der Waals surface area contributed by atoms with Crippen molar-refractivity contribution in [2.75, 3.05) is 5.32 Å². The van der Waals surface area contributed by atoms with Crippen LogP contribution in [0.5, 0.6) is 0 Å². The first-order chi connectivity index (χ1) is 8.16. The number of rotatable bonds is 3. The lowest BCUT2D eigenvalue weighted by molar-refractivity contribution is 0.843. The minimum atomic E-state index is -0.101. The predicted molar refractivity (Wildman–Crippen MR) is 69.4 cm³/mol. The van der Waals surface area contributed by atoms with Crippen LogP contribution in [0, 0.1) is 5.41 Å². The van der Waals surface area contributed by atoms with Crippen molar-refractivity contribution in [1.82, 2.24) is 9.97 Å². The van der Waals surface area contributed by atoms with E-state index in [2.05, 4.69) is 22.2 Å². The molecule has 88 valence electrons. The van der Waals surface area contributed by atoms with Gasteiger partial charge in [-0.15, -0.1) is 11.3 Å². The zero-order valence-corrected chi connectivity index (χ0v) is 10.2. The predicted octanol–water partition coefficient (Wildman–Crippen LogP) is 2.00. The standard InChI is InChI=1S/C11H13N5S/c1-7(8-4-2-3-5-14-8)9-6-17-11(15-9)16-10(12)13/h2-7H,1H3,(H4,12,13,15,16). The maximum Gasteiger partial charge on any atom is 0.192 e. The van der Waals surface area contributed by atoms with Crippen LogP contribution in [0.3, 0.4) is 0 Å². The van der Waals surface area contributed by atoms with Crippen molar-refractivity contribution in [2.24, 2.45) is 5.73 Å². The highest BCUT2D eigenvalue weighted by atomic mass is 32.1. The van der Waals surface area contributed by atoms with Crippen LogP contribution in [0.4, 0.5) is 5.13 Å². The molecular weight excluding hydrogens is 234 g/mol. The van der Waals surface area contributed by atoms with Crippen LogP contribution in [0.1, 0.15) is 24.2 Å². The van der Waals surface area contributed by atoms with Crippen molar-refractivity contribution in [3.63, 3.8) is 0 Å². The molecule has 0 saturated heterocycles. The summed E-state index contributed by atoms with van der Waals surface area (Å²) in [6, 6.07) is 5.82. The highest BCUT2D eigenvalue weighted by Gasteiger charge is 2.13. The fourth-order valence-electron chi connectivity index (χ4n) is 1.44. The van der Waals surface area contributed by atoms with Crippen LogP contribution in [0.2, 0.25) is 0 Å². The molecule has 0 radical (unpaired) electrons. The smallest absolute Gasteiger partial charge is 0.192 e. The first-order valence-electron chi connectivity index (χ1n) is 5.14. The summed E-state index contributed by atoms with van der Waals surface area (Å²) in [5, 5.41) is 12.4. The third-order valence-electron chi connectivity index (χ3n) is 2.34. The summed E-state index contributed by atoms with van der Waals surface area (Å²) in [6.45, 7) is 2.05. The SMILES string of the molecule is CC(c1ccccn1)c1csc(NC(=N)N)n1. The average molecular weight is 247 g/mol. The molecule has 0 bridgehead atoms. The van der Waals surface area contributed by atoms with E-state index in [9.17, 15) is 0 Å². The molecule has 2 rings (SSSR count). The Morgan fingerprint density at radius 2 is 2.29 bits per heavy atom. The van der Waals surface area contributed by atoms with Crippen molar-refractivity contribution >= 4 is 22.4 Å². The van der Waals surface area contributed by atoms with Gasteiger partial charge in [-0.2, -0.15) is 0 Å². The summed E-state index contributed by atoms with van der Waals surface area (Å²) < 4.78 is 0. The van der Waals surface area contributed by atoms with Gasteiger partial charge >= 0.3 is 0 Å². The highest BCUT2D eigenvalue weighted by molar-refractivity contribution is 7.13. The third-order valence-corrected chi connectivity index (χ3v) is 3.11. The van der Waals surface area contributed by atoms with Gasteiger partial charge in [-0.25, -0.2) is 4.98 Å². The quantitative estimate of drug-likeness (QED) is 0.571. The van der Waals surface area contributed by atoms with Crippen LogP contribution in [-0.4, -0.2) is 15.9 Å². The lowest BCUT2D eigenvalue weighted by atomic mass is 10.0. The lowest BCUT2D eigenvalue weighted by Crippen LogP contribution is -2.20. The topological polar surface area (TPSA) is 87.7 Å². The van der Waals surface area contributed by atoms with Crippen LogP contribution in [0.25, 0.3) is 0 Å². The Morgan fingerprint density at radius 1 is 1.47 bits per heavy atom. The van der Waals surface area contributed by atoms with Gasteiger partial charge in [0.2, 0.25) is 0 Å². The summed E-state index contributed by atoms with van der Waals surface area (Å²) in [5.74, 6) is 0.0337. The summed E-state index contributed by atoms with van der Waals surface area (Å²) in [6.07, 6.45) is 1.77. The summed E-state index contributed by atoms with van der Waals surface area (Å²) in [4.78, 5) is 8.68. The van der Waals surface area contributed by atoms with E-state index in [1.54, 1.807) is 6.20 Å². The Kier molecular flexibility index (Phi) is 3.34. The van der Waals surface area contributed by atoms with E-state index in [-0.39, 0.29) is 11.9 Å². The van der Waals surface area contributed by atoms with Gasteiger partial charge in [0.15, 0.2) is 11.1 Å². The molecule has 0 saturated carbocycles. The molecule has 2 heterocycles. The van der Waals surface area contributed by atoms with E-state index < -0.39 is 0 Å². The van der Waals surface area contributed by atoms with Gasteiger partial charge in [0.1, 0.15) is 0 Å². The van der Waals surface area contributed by atoms with E-state index in [0.717, 1.165) is 11.4 Å². The second kappa shape index (κ2) is 4.92. The van der Waals surface area contributed by atoms with E-state index in [1.807, 2.05) is 23.6 Å². The Hall–Kier alpha value is -1.95. The minimum absolute atomic E-state index is 0.101. The number of hydrogen-bond donors (Lipinski definition) is 3. The van der Waals surface area contributed by atoms with Gasteiger partial charge in [-0.1, -0.05) is 13.0 Å². The second-order valence-electron chi connectivity index (χ2n) is 3.59. The Morgan fingerprint density at radius 3 is 2.94 bits per heavy atom. The maximum atomic E-state index is 7.13. The molecule has 5 nitrogen and oxygen atoms in total. The van der Waals surface area contributed by atoms with Gasteiger partial charge in [0, 0.05) is 23.2 Å². The molecule has 0 spiro atoms. The van der Waals surface area contributed by atoms with Gasteiger partial charge in [-0.05, 0) is 12.1 Å². The monoisotopic (exact) mass is 247 g/mol. The largest absolute Gasteiger partial charge is 0.370 e. The molecular formula is C11H13N5S. The molecule has 0 fully saturated rings. The number of thiazole rings is 1. The molecule has 4 N–H and O–H groups in total. The molecule has 1 unspecified atom stereocenters. The van der Waals surface area contributed by atoms with E-state index >= 15 is 0 Å². The number of nitrogens with one attached hydrogen (secondary N) is 2. The van der Waals surface area contributed by atoms with Crippen molar-refractivity contribution in [1.29, 1.82) is 5.41 Å². The highest BCUT2D eigenvalue weighted by Crippen LogP contribution is 2.25. The van der Waals surface area contributed by atoms with Crippen LogP contribution >= 0.6 is 11.3 Å². The molecule has 0 aliphatic rings. The fraction of sp³-hybridized carbons (Fsp3) is 0.182. The third kappa shape index (κ3) is 2.79. The molecule has 0 aliphatic carbocycles. The number of nitrogens with two attached hydrogens (primary N) is 1. The zero-order valence-electron chi connectivity index (χ0n) is 9.34.